The van der Waals surface area contributed by atoms with E-state index < -0.39 is 0 Å². The van der Waals surface area contributed by atoms with Gasteiger partial charge >= 0.3 is 0 Å². The van der Waals surface area contributed by atoms with Crippen molar-refractivity contribution >= 4 is 0 Å². The minimum atomic E-state index is 1.11. The molecule has 0 bridgehead atoms. The van der Waals surface area contributed by atoms with Crippen molar-refractivity contribution in [1.82, 2.24) is 0 Å². The van der Waals surface area contributed by atoms with Gasteiger partial charge in [0.05, 0.1) is 0 Å². The number of hydrogen-bond donors (Lipinski definition) is 0. The Morgan fingerprint density at radius 2 is 1.80 bits per heavy atom. The van der Waals surface area contributed by atoms with E-state index in [1.54, 1.807) is 0 Å². The van der Waals surface area contributed by atoms with Crippen LogP contribution < -0.4 is 0 Å². The normalized spacial score (nSPS) is 57.6. The van der Waals surface area contributed by atoms with E-state index in [0.717, 1.165) is 11.8 Å². The first-order valence-electron chi connectivity index (χ1n) is 2.32. The zero-order valence-corrected chi connectivity index (χ0v) is 3.15. The number of fused-ring (bicyclic) bond motifs is 1. The molecule has 0 aromatic carbocycles. The van der Waals surface area contributed by atoms with E-state index >= 15 is 0 Å². The molecule has 0 amide bonds. The highest BCUT2D eigenvalue weighted by molar-refractivity contribution is 5.12. The van der Waals surface area contributed by atoms with Crippen molar-refractivity contribution in [3.05, 3.63) is 6.42 Å². The lowest BCUT2D eigenvalue weighted by molar-refractivity contribution is 0.468. The topological polar surface area (TPSA) is 0 Å². The van der Waals surface area contributed by atoms with E-state index in [-0.39, 0.29) is 0 Å². The maximum atomic E-state index is 2.44. The summed E-state index contributed by atoms with van der Waals surface area (Å²) in [7, 11) is 0. The van der Waals surface area contributed by atoms with Gasteiger partial charge in [0.1, 0.15) is 0 Å². The molecule has 5 heavy (non-hydrogen) atoms. The van der Waals surface area contributed by atoms with Gasteiger partial charge in [-0.1, -0.05) is 0 Å². The first kappa shape index (κ1) is 2.22. The fraction of sp³-hybridized carbons (Fsp3) is 0.800. The lowest BCUT2D eigenvalue weighted by Gasteiger charge is -2.04. The van der Waals surface area contributed by atoms with E-state index in [0.29, 0.717) is 0 Å². The molecule has 2 saturated carbocycles. The summed E-state index contributed by atoms with van der Waals surface area (Å²) >= 11 is 0. The highest BCUT2D eigenvalue weighted by Gasteiger charge is 2.44. The van der Waals surface area contributed by atoms with E-state index in [1.165, 1.54) is 12.8 Å². The van der Waals surface area contributed by atoms with Crippen LogP contribution in [0.25, 0.3) is 0 Å². The van der Waals surface area contributed by atoms with Gasteiger partial charge in [0, 0.05) is 0 Å². The van der Waals surface area contributed by atoms with Gasteiger partial charge in [-0.3, -0.25) is 0 Å². The van der Waals surface area contributed by atoms with Crippen LogP contribution >= 0.6 is 0 Å². The maximum Gasteiger partial charge on any atom is -0.0318 e. The molecule has 0 saturated heterocycles. The molecule has 0 spiro atoms. The van der Waals surface area contributed by atoms with Gasteiger partial charge in [0.15, 0.2) is 0 Å². The summed E-state index contributed by atoms with van der Waals surface area (Å²) in [4.78, 5) is 0. The average Bonchev–Trinajstić information content (AvgIpc) is 1.74. The summed E-state index contributed by atoms with van der Waals surface area (Å²) in [5.41, 5.74) is 0. The van der Waals surface area contributed by atoms with Crippen LogP contribution in [0.1, 0.15) is 12.8 Å². The molecular weight excluding hydrogens is 60.1 g/mol. The van der Waals surface area contributed by atoms with Crippen molar-refractivity contribution in [3.8, 4) is 0 Å². The lowest BCUT2D eigenvalue weighted by Crippen LogP contribution is -1.93. The Kier molecular flexibility index (Phi) is 0.198. The molecule has 2 unspecified atom stereocenters. The first-order valence-corrected chi connectivity index (χ1v) is 2.32. The fourth-order valence-corrected chi connectivity index (χ4v) is 0.997. The zero-order valence-electron chi connectivity index (χ0n) is 3.15. The highest BCUT2D eigenvalue weighted by Crippen LogP contribution is 2.54. The zero-order chi connectivity index (χ0) is 3.28. The molecule has 2 rings (SSSR count). The van der Waals surface area contributed by atoms with Crippen LogP contribution in [-0.2, 0) is 0 Å². The Hall–Kier alpha value is 0. The van der Waals surface area contributed by atoms with Crippen LogP contribution in [-0.4, -0.2) is 0 Å². The van der Waals surface area contributed by atoms with E-state index in [2.05, 4.69) is 6.42 Å². The summed E-state index contributed by atoms with van der Waals surface area (Å²) in [5.74, 6) is 2.21. The number of rotatable bonds is 0. The van der Waals surface area contributed by atoms with Gasteiger partial charge in [-0.05, 0) is 31.1 Å². The predicted octanol–water partition coefficient (Wildman–Crippen LogP) is 1.23. The molecule has 0 aliphatic heterocycles. The van der Waals surface area contributed by atoms with Crippen molar-refractivity contribution < 1.29 is 0 Å². The Bertz CT molecular complexity index is 45.1. The van der Waals surface area contributed by atoms with Crippen LogP contribution in [0.4, 0.5) is 0 Å². The second kappa shape index (κ2) is 0.444. The SMILES string of the molecule is [CH]1C2CCC12. The Balaban J connectivity index is 2.19. The monoisotopic (exact) mass is 67.1 g/mol. The summed E-state index contributed by atoms with van der Waals surface area (Å²) in [6.45, 7) is 0. The molecule has 0 heteroatoms. The third-order valence-corrected chi connectivity index (χ3v) is 1.74. The van der Waals surface area contributed by atoms with Gasteiger partial charge in [-0.2, -0.15) is 0 Å². The molecule has 2 aliphatic carbocycles. The standard InChI is InChI=1S/C5H7/c1-2-5-3-4(1)5/h3-5H,1-2H2. The van der Waals surface area contributed by atoms with Crippen molar-refractivity contribution in [2.45, 2.75) is 12.8 Å². The minimum absolute atomic E-state index is 1.11. The van der Waals surface area contributed by atoms with Gasteiger partial charge in [-0.25, -0.2) is 0 Å². The Labute approximate surface area is 32.2 Å². The molecule has 27 valence electrons. The Morgan fingerprint density at radius 1 is 1.20 bits per heavy atom. The Morgan fingerprint density at radius 3 is 1.80 bits per heavy atom. The minimum Gasteiger partial charge on any atom is -0.0496 e. The van der Waals surface area contributed by atoms with E-state index in [9.17, 15) is 0 Å². The second-order valence-corrected chi connectivity index (χ2v) is 2.10. The van der Waals surface area contributed by atoms with Gasteiger partial charge in [0.25, 0.3) is 0 Å². The third-order valence-electron chi connectivity index (χ3n) is 1.74. The molecule has 0 heterocycles. The van der Waals surface area contributed by atoms with Gasteiger partial charge < -0.3 is 0 Å². The van der Waals surface area contributed by atoms with Gasteiger partial charge in [-0.15, -0.1) is 0 Å². The van der Waals surface area contributed by atoms with Crippen LogP contribution in [0, 0.1) is 18.3 Å². The molecule has 1 radical (unpaired) electrons. The largest absolute Gasteiger partial charge is 0.0496 e. The van der Waals surface area contributed by atoms with Crippen LogP contribution in [0.15, 0.2) is 0 Å². The molecule has 0 aromatic heterocycles. The summed E-state index contributed by atoms with van der Waals surface area (Å²) < 4.78 is 0. The van der Waals surface area contributed by atoms with E-state index in [4.69, 9.17) is 0 Å². The third kappa shape index (κ3) is 0.132. The van der Waals surface area contributed by atoms with Crippen molar-refractivity contribution in [2.24, 2.45) is 11.8 Å². The molecule has 0 N–H and O–H groups in total. The molecule has 2 atom stereocenters. The smallest absolute Gasteiger partial charge is 0.0318 e. The predicted molar refractivity (Wildman–Crippen MR) is 20.5 cm³/mol. The van der Waals surface area contributed by atoms with Crippen molar-refractivity contribution in [3.63, 3.8) is 0 Å². The van der Waals surface area contributed by atoms with Crippen LogP contribution in [0.3, 0.4) is 0 Å². The van der Waals surface area contributed by atoms with Crippen LogP contribution in [0.5, 0.6) is 0 Å². The summed E-state index contributed by atoms with van der Waals surface area (Å²) in [6.07, 6.45) is 5.45. The average molecular weight is 67.1 g/mol. The molecule has 0 nitrogen and oxygen atoms in total. The van der Waals surface area contributed by atoms with Crippen molar-refractivity contribution in [2.75, 3.05) is 0 Å². The number of hydrogen-bond acceptors (Lipinski definition) is 0. The molecule has 0 aromatic rings. The quantitative estimate of drug-likeness (QED) is 0.399. The molecule has 2 fully saturated rings. The highest BCUT2D eigenvalue weighted by atomic mass is 14.5. The van der Waals surface area contributed by atoms with Crippen LogP contribution in [0.2, 0.25) is 0 Å². The fourth-order valence-electron chi connectivity index (χ4n) is 0.997. The molecule has 2 aliphatic rings. The van der Waals surface area contributed by atoms with Crippen molar-refractivity contribution in [1.29, 1.82) is 0 Å². The maximum absolute atomic E-state index is 2.44. The first-order chi connectivity index (χ1) is 2.47. The van der Waals surface area contributed by atoms with Gasteiger partial charge in [0.2, 0.25) is 0 Å². The summed E-state index contributed by atoms with van der Waals surface area (Å²) in [5, 5.41) is 0. The van der Waals surface area contributed by atoms with E-state index in [1.807, 2.05) is 0 Å². The second-order valence-electron chi connectivity index (χ2n) is 2.10. The summed E-state index contributed by atoms with van der Waals surface area (Å²) in [6, 6.07) is 0. The lowest BCUT2D eigenvalue weighted by atomic mass is 10.0. The molecular formula is C5H7.